The molecule has 0 saturated heterocycles. The average Bonchev–Trinajstić information content (AvgIpc) is 2.24. The van der Waals surface area contributed by atoms with Gasteiger partial charge in [0.05, 0.1) is 17.6 Å². The molecule has 0 fully saturated rings. The van der Waals surface area contributed by atoms with E-state index in [9.17, 15) is 15.2 Å². The Kier molecular flexibility index (Phi) is 4.01. The van der Waals surface area contributed by atoms with Gasteiger partial charge in [-0.3, -0.25) is 10.1 Å². The van der Waals surface area contributed by atoms with Gasteiger partial charge in [0.25, 0.3) is 0 Å². The van der Waals surface area contributed by atoms with E-state index in [1.807, 2.05) is 20.8 Å². The number of nitrogens with one attached hydrogen (secondary N) is 1. The third-order valence-electron chi connectivity index (χ3n) is 2.52. The Hall–Kier alpha value is -1.69. The summed E-state index contributed by atoms with van der Waals surface area (Å²) in [5.74, 6) is 0.187. The van der Waals surface area contributed by atoms with Crippen molar-refractivity contribution >= 4 is 11.5 Å². The topological polar surface area (TPSA) is 88.3 Å². The lowest BCUT2D eigenvalue weighted by atomic mass is 9.87. The smallest absolute Gasteiger partial charge is 0.311 e. The Morgan fingerprint density at radius 2 is 2.24 bits per heavy atom. The first kappa shape index (κ1) is 13.4. The largest absolute Gasteiger partial charge is 0.394 e. The van der Waals surface area contributed by atoms with Crippen LogP contribution in [0, 0.1) is 15.5 Å². The van der Waals surface area contributed by atoms with E-state index in [1.165, 1.54) is 18.3 Å². The van der Waals surface area contributed by atoms with E-state index >= 15 is 0 Å². The molecule has 0 amide bonds. The first-order valence-electron chi connectivity index (χ1n) is 5.33. The lowest BCUT2D eigenvalue weighted by Crippen LogP contribution is -2.37. The van der Waals surface area contributed by atoms with Crippen LogP contribution in [0.25, 0.3) is 0 Å². The Labute approximate surface area is 99.8 Å². The summed E-state index contributed by atoms with van der Waals surface area (Å²) < 4.78 is 0. The van der Waals surface area contributed by atoms with E-state index < -0.39 is 4.92 Å². The molecule has 2 N–H and O–H groups in total. The van der Waals surface area contributed by atoms with Crippen molar-refractivity contribution in [2.24, 2.45) is 5.41 Å². The molecule has 0 radical (unpaired) electrons. The number of anilines is 1. The molecular weight excluding hydrogens is 222 g/mol. The number of rotatable bonds is 4. The highest BCUT2D eigenvalue weighted by Crippen LogP contribution is 2.26. The van der Waals surface area contributed by atoms with Crippen LogP contribution < -0.4 is 5.32 Å². The predicted molar refractivity (Wildman–Crippen MR) is 64.8 cm³/mol. The Balaban J connectivity index is 2.98. The summed E-state index contributed by atoms with van der Waals surface area (Å²) in [6.45, 7) is 5.71. The molecule has 0 saturated carbocycles. The van der Waals surface area contributed by atoms with E-state index in [-0.39, 0.29) is 29.6 Å². The fourth-order valence-corrected chi connectivity index (χ4v) is 1.36. The maximum Gasteiger partial charge on any atom is 0.311 e. The van der Waals surface area contributed by atoms with Gasteiger partial charge < -0.3 is 10.4 Å². The average molecular weight is 239 g/mol. The van der Waals surface area contributed by atoms with Crippen molar-refractivity contribution in [3.8, 4) is 0 Å². The Bertz CT molecular complexity index is 401. The molecule has 0 aromatic carbocycles. The van der Waals surface area contributed by atoms with E-state index in [1.54, 1.807) is 0 Å². The Morgan fingerprint density at radius 1 is 1.59 bits per heavy atom. The van der Waals surface area contributed by atoms with E-state index in [0.29, 0.717) is 0 Å². The van der Waals surface area contributed by atoms with Crippen LogP contribution >= 0.6 is 0 Å². The zero-order valence-electron chi connectivity index (χ0n) is 10.2. The van der Waals surface area contributed by atoms with Gasteiger partial charge in [0.2, 0.25) is 5.82 Å². The van der Waals surface area contributed by atoms with Gasteiger partial charge in [-0.15, -0.1) is 0 Å². The fourth-order valence-electron chi connectivity index (χ4n) is 1.36. The van der Waals surface area contributed by atoms with Crippen LogP contribution in [0.15, 0.2) is 18.3 Å². The minimum absolute atomic E-state index is 0.0878. The van der Waals surface area contributed by atoms with Gasteiger partial charge in [-0.25, -0.2) is 4.98 Å². The molecule has 0 spiro atoms. The van der Waals surface area contributed by atoms with Gasteiger partial charge in [0.15, 0.2) is 0 Å². The lowest BCUT2D eigenvalue weighted by molar-refractivity contribution is -0.384. The monoisotopic (exact) mass is 239 g/mol. The summed E-state index contributed by atoms with van der Waals surface area (Å²) in [6.07, 6.45) is 1.48. The molecule has 0 aliphatic heterocycles. The highest BCUT2D eigenvalue weighted by molar-refractivity contribution is 5.55. The van der Waals surface area contributed by atoms with Gasteiger partial charge in [0.1, 0.15) is 0 Å². The molecule has 0 aliphatic rings. The van der Waals surface area contributed by atoms with Crippen LogP contribution in [-0.2, 0) is 0 Å². The first-order valence-corrected chi connectivity index (χ1v) is 5.33. The van der Waals surface area contributed by atoms with Crippen molar-refractivity contribution in [1.29, 1.82) is 0 Å². The molecule has 6 heteroatoms. The third kappa shape index (κ3) is 3.39. The van der Waals surface area contributed by atoms with Crippen LogP contribution in [-0.4, -0.2) is 27.7 Å². The second-order valence-corrected chi connectivity index (χ2v) is 4.87. The summed E-state index contributed by atoms with van der Waals surface area (Å²) in [5, 5.41) is 23.0. The maximum atomic E-state index is 10.8. The van der Waals surface area contributed by atoms with E-state index in [4.69, 9.17) is 0 Å². The number of nitro groups is 1. The lowest BCUT2D eigenvalue weighted by Gasteiger charge is -2.29. The molecule has 1 aromatic heterocycles. The molecule has 0 bridgehead atoms. The normalized spacial score (nSPS) is 13.2. The quantitative estimate of drug-likeness (QED) is 0.618. The molecule has 1 rings (SSSR count). The second kappa shape index (κ2) is 5.09. The van der Waals surface area contributed by atoms with E-state index in [0.717, 1.165) is 0 Å². The third-order valence-corrected chi connectivity index (χ3v) is 2.52. The number of pyridine rings is 1. The van der Waals surface area contributed by atoms with Crippen molar-refractivity contribution in [1.82, 2.24) is 4.98 Å². The molecule has 1 heterocycles. The molecule has 1 aromatic rings. The highest BCUT2D eigenvalue weighted by Gasteiger charge is 2.26. The second-order valence-electron chi connectivity index (χ2n) is 4.87. The summed E-state index contributed by atoms with van der Waals surface area (Å²) >= 11 is 0. The van der Waals surface area contributed by atoms with Crippen molar-refractivity contribution in [3.63, 3.8) is 0 Å². The van der Waals surface area contributed by atoms with Crippen molar-refractivity contribution in [3.05, 3.63) is 28.4 Å². The number of nitrogens with zero attached hydrogens (tertiary/aromatic N) is 2. The molecule has 94 valence electrons. The van der Waals surface area contributed by atoms with Crippen LogP contribution in [0.2, 0.25) is 0 Å². The first-order chi connectivity index (χ1) is 7.86. The van der Waals surface area contributed by atoms with Crippen LogP contribution in [0.1, 0.15) is 20.8 Å². The van der Waals surface area contributed by atoms with Crippen molar-refractivity contribution in [2.45, 2.75) is 26.8 Å². The fraction of sp³-hybridized carbons (Fsp3) is 0.545. The summed E-state index contributed by atoms with van der Waals surface area (Å²) in [4.78, 5) is 14.2. The molecule has 0 aliphatic carbocycles. The summed E-state index contributed by atoms with van der Waals surface area (Å²) in [5.41, 5.74) is -0.310. The zero-order chi connectivity index (χ0) is 13.1. The summed E-state index contributed by atoms with van der Waals surface area (Å²) in [7, 11) is 0. The maximum absolute atomic E-state index is 10.8. The SMILES string of the molecule is CC(C)(C)C(CO)Nc1ncccc1[N+](=O)[O-]. The molecular formula is C11H17N3O3. The number of aliphatic hydroxyl groups is 1. The van der Waals surface area contributed by atoms with Gasteiger partial charge in [0, 0.05) is 12.3 Å². The van der Waals surface area contributed by atoms with E-state index in [2.05, 4.69) is 10.3 Å². The number of aliphatic hydroxyl groups excluding tert-OH is 1. The van der Waals surface area contributed by atoms with Gasteiger partial charge in [-0.2, -0.15) is 0 Å². The van der Waals surface area contributed by atoms with Crippen molar-refractivity contribution < 1.29 is 10.0 Å². The number of aromatic nitrogens is 1. The van der Waals surface area contributed by atoms with Crippen molar-refractivity contribution in [2.75, 3.05) is 11.9 Å². The standard InChI is InChI=1S/C11H17N3O3/c1-11(2,3)9(7-15)13-10-8(14(16)17)5-4-6-12-10/h4-6,9,15H,7H2,1-3H3,(H,12,13). The van der Waals surface area contributed by atoms with Gasteiger partial charge in [-0.05, 0) is 11.5 Å². The predicted octanol–water partition coefficient (Wildman–Crippen LogP) is 1.81. The number of hydrogen-bond acceptors (Lipinski definition) is 5. The minimum atomic E-state index is -0.494. The minimum Gasteiger partial charge on any atom is -0.394 e. The zero-order valence-corrected chi connectivity index (χ0v) is 10.2. The highest BCUT2D eigenvalue weighted by atomic mass is 16.6. The van der Waals surface area contributed by atoms with Crippen LogP contribution in [0.5, 0.6) is 0 Å². The molecule has 17 heavy (non-hydrogen) atoms. The molecule has 1 unspecified atom stereocenters. The van der Waals surface area contributed by atoms with Gasteiger partial charge >= 0.3 is 5.69 Å². The Morgan fingerprint density at radius 3 is 2.71 bits per heavy atom. The van der Waals surface area contributed by atoms with Gasteiger partial charge in [-0.1, -0.05) is 20.8 Å². The molecule has 6 nitrogen and oxygen atoms in total. The molecule has 1 atom stereocenters. The summed E-state index contributed by atoms with van der Waals surface area (Å²) in [6, 6.07) is 2.59. The number of hydrogen-bond donors (Lipinski definition) is 2. The van der Waals surface area contributed by atoms with Crippen LogP contribution in [0.3, 0.4) is 0 Å². The van der Waals surface area contributed by atoms with Crippen LogP contribution in [0.4, 0.5) is 11.5 Å².